The molecule has 0 unspecified atom stereocenters. The zero-order chi connectivity index (χ0) is 19.1. The third kappa shape index (κ3) is 2.90. The van der Waals surface area contributed by atoms with E-state index in [0.29, 0.717) is 33.6 Å². The van der Waals surface area contributed by atoms with E-state index >= 15 is 0 Å². The van der Waals surface area contributed by atoms with Crippen LogP contribution < -0.4 is 4.74 Å². The molecule has 4 nitrogen and oxygen atoms in total. The van der Waals surface area contributed by atoms with Gasteiger partial charge in [0.2, 0.25) is 0 Å². The molecular weight excluding hydrogens is 372 g/mol. The number of aromatic nitrogens is 1. The van der Waals surface area contributed by atoms with Gasteiger partial charge in [0, 0.05) is 33.3 Å². The molecule has 2 heterocycles. The van der Waals surface area contributed by atoms with Crippen molar-refractivity contribution in [2.24, 2.45) is 0 Å². The van der Waals surface area contributed by atoms with Gasteiger partial charge in [0.15, 0.2) is 5.82 Å². The summed E-state index contributed by atoms with van der Waals surface area (Å²) in [7, 11) is 0. The number of carboxylic acid groups (broad SMARTS) is 1. The highest BCUT2D eigenvalue weighted by Gasteiger charge is 2.22. The van der Waals surface area contributed by atoms with Crippen LogP contribution in [0.5, 0.6) is 5.75 Å². The summed E-state index contributed by atoms with van der Waals surface area (Å²) >= 11 is 0.984. The molecule has 0 aliphatic carbocycles. The average molecular weight is 385 g/mol. The van der Waals surface area contributed by atoms with E-state index in [0.717, 1.165) is 17.4 Å². The quantitative estimate of drug-likeness (QED) is 0.505. The number of pyridine rings is 1. The van der Waals surface area contributed by atoms with Crippen LogP contribution in [0.25, 0.3) is 32.1 Å². The Morgan fingerprint density at radius 3 is 2.59 bits per heavy atom. The van der Waals surface area contributed by atoms with E-state index in [4.69, 9.17) is 4.74 Å². The summed E-state index contributed by atoms with van der Waals surface area (Å²) in [5.41, 5.74) is 1.16. The third-order valence-electron chi connectivity index (χ3n) is 4.19. The Morgan fingerprint density at radius 1 is 1.19 bits per heavy atom. The van der Waals surface area contributed by atoms with E-state index in [-0.39, 0.29) is 15.8 Å². The van der Waals surface area contributed by atoms with Crippen molar-refractivity contribution in [2.75, 3.05) is 6.61 Å². The van der Waals surface area contributed by atoms with E-state index in [1.165, 1.54) is 12.3 Å². The molecule has 0 amide bonds. The van der Waals surface area contributed by atoms with Crippen molar-refractivity contribution in [1.82, 2.24) is 4.98 Å². The maximum absolute atomic E-state index is 14.1. The fraction of sp³-hybridized carbons (Fsp3) is 0.100. The Balaban J connectivity index is 2.03. The predicted octanol–water partition coefficient (Wildman–Crippen LogP) is 5.49. The second-order valence-electron chi connectivity index (χ2n) is 5.85. The molecule has 4 rings (SSSR count). The van der Waals surface area contributed by atoms with Crippen molar-refractivity contribution in [3.8, 4) is 16.9 Å². The van der Waals surface area contributed by atoms with Gasteiger partial charge in [0.05, 0.1) is 6.61 Å². The van der Waals surface area contributed by atoms with Crippen LogP contribution in [0.2, 0.25) is 0 Å². The number of aromatic carboxylic acids is 1. The maximum Gasteiger partial charge on any atom is 0.346 e. The predicted molar refractivity (Wildman–Crippen MR) is 101 cm³/mol. The summed E-state index contributed by atoms with van der Waals surface area (Å²) < 4.78 is 33.7. The molecule has 136 valence electrons. The third-order valence-corrected chi connectivity index (χ3v) is 5.42. The van der Waals surface area contributed by atoms with Gasteiger partial charge >= 0.3 is 5.97 Å². The minimum atomic E-state index is -1.11. The van der Waals surface area contributed by atoms with Gasteiger partial charge in [0.1, 0.15) is 22.0 Å². The molecule has 0 saturated carbocycles. The molecular formula is C20H13F2NO3S. The summed E-state index contributed by atoms with van der Waals surface area (Å²) in [6, 6.07) is 8.96. The van der Waals surface area contributed by atoms with Crippen molar-refractivity contribution >= 4 is 38.3 Å². The molecule has 2 aromatic carbocycles. The average Bonchev–Trinajstić information content (AvgIpc) is 3.03. The van der Waals surface area contributed by atoms with E-state index in [1.807, 2.05) is 6.92 Å². The number of thiophene rings is 1. The molecule has 1 N–H and O–H groups in total. The van der Waals surface area contributed by atoms with Crippen molar-refractivity contribution < 1.29 is 23.4 Å². The van der Waals surface area contributed by atoms with Gasteiger partial charge in [0.25, 0.3) is 0 Å². The van der Waals surface area contributed by atoms with Crippen molar-refractivity contribution in [3.63, 3.8) is 0 Å². The van der Waals surface area contributed by atoms with Crippen LogP contribution in [-0.4, -0.2) is 22.7 Å². The standard InChI is InChI=1S/C20H13F2NO3S/c1-2-26-12-5-3-10(4-6-12)16-14-9-23-17-13(7-11(21)8-15(17)22)18(14)27-19(16)20(24)25/h3-9H,2H2,1H3,(H,24,25). The number of benzene rings is 2. The first kappa shape index (κ1) is 17.4. The minimum absolute atomic E-state index is 0.0142. The number of carboxylic acids is 1. The Kier molecular flexibility index (Phi) is 4.24. The van der Waals surface area contributed by atoms with E-state index in [1.54, 1.807) is 24.3 Å². The highest BCUT2D eigenvalue weighted by molar-refractivity contribution is 7.22. The summed E-state index contributed by atoms with van der Waals surface area (Å²) in [5.74, 6) is -1.95. The topological polar surface area (TPSA) is 59.4 Å². The van der Waals surface area contributed by atoms with Crippen molar-refractivity contribution in [3.05, 3.63) is 59.1 Å². The second-order valence-corrected chi connectivity index (χ2v) is 6.87. The first-order valence-electron chi connectivity index (χ1n) is 8.16. The number of carbonyl (C=O) groups is 1. The zero-order valence-corrected chi connectivity index (χ0v) is 14.9. The van der Waals surface area contributed by atoms with Gasteiger partial charge < -0.3 is 9.84 Å². The van der Waals surface area contributed by atoms with E-state index < -0.39 is 17.6 Å². The van der Waals surface area contributed by atoms with Crippen LogP contribution in [0.4, 0.5) is 8.78 Å². The smallest absolute Gasteiger partial charge is 0.346 e. The lowest BCUT2D eigenvalue weighted by Crippen LogP contribution is -1.95. The lowest BCUT2D eigenvalue weighted by Gasteiger charge is -2.06. The number of ether oxygens (including phenoxy) is 1. The number of nitrogens with zero attached hydrogens (tertiary/aromatic N) is 1. The highest BCUT2D eigenvalue weighted by Crippen LogP contribution is 2.42. The van der Waals surface area contributed by atoms with Gasteiger partial charge in [-0.15, -0.1) is 11.3 Å². The molecule has 27 heavy (non-hydrogen) atoms. The maximum atomic E-state index is 14.1. The number of hydrogen-bond acceptors (Lipinski definition) is 4. The van der Waals surface area contributed by atoms with Gasteiger partial charge in [-0.2, -0.15) is 0 Å². The fourth-order valence-corrected chi connectivity index (χ4v) is 4.24. The van der Waals surface area contributed by atoms with Crippen LogP contribution in [0.3, 0.4) is 0 Å². The minimum Gasteiger partial charge on any atom is -0.494 e. The van der Waals surface area contributed by atoms with Crippen LogP contribution >= 0.6 is 11.3 Å². The van der Waals surface area contributed by atoms with Gasteiger partial charge in [-0.05, 0) is 30.7 Å². The first-order chi connectivity index (χ1) is 13.0. The van der Waals surface area contributed by atoms with Crippen molar-refractivity contribution in [1.29, 1.82) is 0 Å². The number of hydrogen-bond donors (Lipinski definition) is 1. The molecule has 0 bridgehead atoms. The van der Waals surface area contributed by atoms with Gasteiger partial charge in [-0.3, -0.25) is 4.98 Å². The zero-order valence-electron chi connectivity index (χ0n) is 14.1. The van der Waals surface area contributed by atoms with Gasteiger partial charge in [-0.1, -0.05) is 12.1 Å². The fourth-order valence-electron chi connectivity index (χ4n) is 3.09. The summed E-state index contributed by atoms with van der Waals surface area (Å²) in [5, 5.41) is 10.5. The molecule has 2 aromatic heterocycles. The lowest BCUT2D eigenvalue weighted by molar-refractivity contribution is 0.0703. The summed E-state index contributed by atoms with van der Waals surface area (Å²) in [6.45, 7) is 2.39. The summed E-state index contributed by atoms with van der Waals surface area (Å²) in [4.78, 5) is 16.0. The SMILES string of the molecule is CCOc1ccc(-c2c(C(=O)O)sc3c2cnc2c(F)cc(F)cc23)cc1. The van der Waals surface area contributed by atoms with Crippen molar-refractivity contribution in [2.45, 2.75) is 6.92 Å². The van der Waals surface area contributed by atoms with Crippen LogP contribution in [0.15, 0.2) is 42.6 Å². The Labute approximate surface area is 156 Å². The molecule has 0 fully saturated rings. The molecule has 0 atom stereocenters. The largest absolute Gasteiger partial charge is 0.494 e. The Bertz CT molecular complexity index is 1190. The number of rotatable bonds is 4. The van der Waals surface area contributed by atoms with Crippen LogP contribution in [-0.2, 0) is 0 Å². The molecule has 0 spiro atoms. The molecule has 0 radical (unpaired) electrons. The van der Waals surface area contributed by atoms with Crippen LogP contribution in [0.1, 0.15) is 16.6 Å². The number of fused-ring (bicyclic) bond motifs is 3. The molecule has 0 aliphatic heterocycles. The molecule has 0 aliphatic rings. The monoisotopic (exact) mass is 385 g/mol. The molecule has 7 heteroatoms. The summed E-state index contributed by atoms with van der Waals surface area (Å²) in [6.07, 6.45) is 1.44. The normalized spacial score (nSPS) is 11.2. The second kappa shape index (κ2) is 6.59. The highest BCUT2D eigenvalue weighted by atomic mass is 32.1. The van der Waals surface area contributed by atoms with Gasteiger partial charge in [-0.25, -0.2) is 13.6 Å². The van der Waals surface area contributed by atoms with E-state index in [9.17, 15) is 18.7 Å². The molecule has 0 saturated heterocycles. The Hall–Kier alpha value is -3.06. The molecule has 4 aromatic rings. The van der Waals surface area contributed by atoms with Crippen LogP contribution in [0, 0.1) is 11.6 Å². The lowest BCUT2D eigenvalue weighted by atomic mass is 10.0. The number of halogens is 2. The van der Waals surface area contributed by atoms with E-state index in [2.05, 4.69) is 4.98 Å². The first-order valence-corrected chi connectivity index (χ1v) is 8.98. The Morgan fingerprint density at radius 2 is 1.93 bits per heavy atom.